The minimum Gasteiger partial charge on any atom is -0.469 e. The summed E-state index contributed by atoms with van der Waals surface area (Å²) in [5.41, 5.74) is 0. The third kappa shape index (κ3) is 2.82. The van der Waals surface area contributed by atoms with Crippen LogP contribution in [-0.2, 0) is 0 Å². The van der Waals surface area contributed by atoms with E-state index in [1.807, 2.05) is 0 Å². The van der Waals surface area contributed by atoms with Gasteiger partial charge in [-0.3, -0.25) is 0 Å². The summed E-state index contributed by atoms with van der Waals surface area (Å²) in [7, 11) is 0. The Morgan fingerprint density at radius 2 is 1.78 bits per heavy atom. The molecule has 0 bridgehead atoms. The van der Waals surface area contributed by atoms with Crippen LogP contribution in [0.1, 0.15) is 34.1 Å². The van der Waals surface area contributed by atoms with E-state index in [0.29, 0.717) is 12.1 Å². The number of hydrogen-bond acceptors (Lipinski definition) is 0. The fourth-order valence-electron chi connectivity index (χ4n) is 0.789. The number of rotatable bonds is 3. The van der Waals surface area contributed by atoms with E-state index in [4.69, 9.17) is 5.84 Å². The van der Waals surface area contributed by atoms with Crippen LogP contribution in [0.2, 0.25) is 0 Å². The summed E-state index contributed by atoms with van der Waals surface area (Å²) in [5.74, 6) is 7.55. The molecule has 0 amide bonds. The van der Waals surface area contributed by atoms with Gasteiger partial charge < -0.3 is 10.9 Å². The summed E-state index contributed by atoms with van der Waals surface area (Å²) in [6, 6.07) is 0.907. The summed E-state index contributed by atoms with van der Waals surface area (Å²) in [5, 5.41) is 0.887. The molecule has 0 aliphatic rings. The lowest BCUT2D eigenvalue weighted by molar-refractivity contribution is -0.895. The van der Waals surface area contributed by atoms with Crippen molar-refractivity contribution in [2.75, 3.05) is 0 Å². The van der Waals surface area contributed by atoms with Crippen LogP contribution in [0.5, 0.6) is 0 Å². The molecule has 0 aromatic carbocycles. The smallest absolute Gasteiger partial charge is 0.0756 e. The third-order valence-electron chi connectivity index (χ3n) is 1.77. The van der Waals surface area contributed by atoms with Gasteiger partial charge in [0.05, 0.1) is 12.1 Å². The Hall–Kier alpha value is -0.0800. The summed E-state index contributed by atoms with van der Waals surface area (Å²) in [6.07, 6.45) is 1.09. The van der Waals surface area contributed by atoms with Crippen LogP contribution in [0.15, 0.2) is 0 Å². The molecule has 0 aromatic rings. The molecule has 2 atom stereocenters. The van der Waals surface area contributed by atoms with Crippen molar-refractivity contribution in [3.8, 4) is 0 Å². The zero-order valence-corrected chi connectivity index (χ0v) is 6.86. The Morgan fingerprint density at radius 1 is 1.33 bits per heavy atom. The van der Waals surface area contributed by atoms with Gasteiger partial charge in [0.1, 0.15) is 0 Å². The van der Waals surface area contributed by atoms with Crippen LogP contribution >= 0.6 is 0 Å². The van der Waals surface area contributed by atoms with E-state index in [1.165, 1.54) is 0 Å². The zero-order valence-electron chi connectivity index (χ0n) is 6.86. The van der Waals surface area contributed by atoms with E-state index >= 15 is 0 Å². The van der Waals surface area contributed by atoms with E-state index in [0.717, 1.165) is 11.4 Å². The van der Waals surface area contributed by atoms with Gasteiger partial charge in [-0.25, -0.2) is 0 Å². The highest BCUT2D eigenvalue weighted by molar-refractivity contribution is 4.45. The topological polar surface area (TPSA) is 28.2 Å². The molecule has 2 heteroatoms. The highest BCUT2D eigenvalue weighted by Gasteiger charge is 2.08. The quantitative estimate of drug-likeness (QED) is 0.553. The average molecular weight is 130 g/mol. The molecule has 9 heavy (non-hydrogen) atoms. The van der Waals surface area contributed by atoms with E-state index < -0.39 is 0 Å². The predicted molar refractivity (Wildman–Crippen MR) is 40.2 cm³/mol. The zero-order chi connectivity index (χ0) is 7.44. The van der Waals surface area contributed by atoms with Crippen molar-refractivity contribution in [3.05, 3.63) is 5.84 Å². The molecule has 0 aromatic heterocycles. The Kier molecular flexibility index (Phi) is 3.82. The van der Waals surface area contributed by atoms with Gasteiger partial charge in [-0.05, 0) is 27.2 Å². The van der Waals surface area contributed by atoms with Gasteiger partial charge in [0.25, 0.3) is 0 Å². The summed E-state index contributed by atoms with van der Waals surface area (Å²) < 4.78 is 0. The molecule has 2 unspecified atom stereocenters. The Bertz CT molecular complexity index is 71.3. The van der Waals surface area contributed by atoms with Crippen LogP contribution in [-0.4, -0.2) is 12.1 Å². The molecule has 0 saturated carbocycles. The van der Waals surface area contributed by atoms with Crippen molar-refractivity contribution in [1.82, 2.24) is 0 Å². The predicted octanol–water partition coefficient (Wildman–Crippen LogP) is 1.05. The maximum Gasteiger partial charge on any atom is 0.0756 e. The molecule has 0 heterocycles. The molecule has 0 spiro atoms. The van der Waals surface area contributed by atoms with Gasteiger partial charge in [-0.1, -0.05) is 6.92 Å². The monoisotopic (exact) mass is 130 g/mol. The van der Waals surface area contributed by atoms with Crippen molar-refractivity contribution in [2.24, 2.45) is 0 Å². The van der Waals surface area contributed by atoms with Crippen molar-refractivity contribution < 1.29 is 5.01 Å². The lowest BCUT2D eigenvalue weighted by atomic mass is 10.2. The first kappa shape index (κ1) is 8.92. The summed E-state index contributed by atoms with van der Waals surface area (Å²) in [4.78, 5) is 0. The van der Waals surface area contributed by atoms with E-state index in [9.17, 15) is 0 Å². The molecule has 0 aliphatic heterocycles. The molecule has 56 valence electrons. The van der Waals surface area contributed by atoms with E-state index in [-0.39, 0.29) is 0 Å². The summed E-state index contributed by atoms with van der Waals surface area (Å²) >= 11 is 0. The molecule has 0 fully saturated rings. The fourth-order valence-corrected chi connectivity index (χ4v) is 0.789. The van der Waals surface area contributed by atoms with Crippen molar-refractivity contribution in [1.29, 1.82) is 0 Å². The van der Waals surface area contributed by atoms with Crippen molar-refractivity contribution in [3.63, 3.8) is 0 Å². The molecule has 0 radical (unpaired) electrons. The van der Waals surface area contributed by atoms with Crippen LogP contribution < -0.4 is 5.01 Å². The molecule has 2 nitrogen and oxygen atoms in total. The average Bonchev–Trinajstić information content (AvgIpc) is 1.84. The van der Waals surface area contributed by atoms with Crippen molar-refractivity contribution >= 4 is 0 Å². The SMILES string of the molecule is CCC(C)[NH+]([NH-])C(C)C. The molecular weight excluding hydrogens is 112 g/mol. The minimum absolute atomic E-state index is 0.431. The second-order valence-electron chi connectivity index (χ2n) is 2.92. The van der Waals surface area contributed by atoms with Crippen LogP contribution in [0.4, 0.5) is 0 Å². The van der Waals surface area contributed by atoms with Gasteiger partial charge in [0.2, 0.25) is 0 Å². The minimum atomic E-state index is 0.431. The lowest BCUT2D eigenvalue weighted by Crippen LogP contribution is -3.12. The van der Waals surface area contributed by atoms with Crippen LogP contribution in [0.3, 0.4) is 0 Å². The van der Waals surface area contributed by atoms with Crippen LogP contribution in [0.25, 0.3) is 5.84 Å². The second kappa shape index (κ2) is 3.85. The molecular formula is C7H18N2. The summed E-state index contributed by atoms with van der Waals surface area (Å²) in [6.45, 7) is 8.40. The number of hydrogen-bond donors (Lipinski definition) is 1. The van der Waals surface area contributed by atoms with Gasteiger partial charge >= 0.3 is 0 Å². The molecule has 2 N–H and O–H groups in total. The first-order valence-corrected chi connectivity index (χ1v) is 3.67. The standard InChI is InChI=1S/C7H18N2/c1-5-7(4)9(8)6(2)3/h6-9H,5H2,1-4H3. The normalized spacial score (nSPS) is 18.0. The van der Waals surface area contributed by atoms with Gasteiger partial charge in [0.15, 0.2) is 0 Å². The molecule has 0 aliphatic carbocycles. The van der Waals surface area contributed by atoms with E-state index in [2.05, 4.69) is 27.7 Å². The highest BCUT2D eigenvalue weighted by atomic mass is 15.4. The number of nitrogens with one attached hydrogen (secondary N) is 2. The molecule has 0 rings (SSSR count). The van der Waals surface area contributed by atoms with Gasteiger partial charge in [-0.15, -0.1) is 0 Å². The second-order valence-corrected chi connectivity index (χ2v) is 2.92. The van der Waals surface area contributed by atoms with Gasteiger partial charge in [-0.2, -0.15) is 0 Å². The maximum atomic E-state index is 7.55. The van der Waals surface area contributed by atoms with Gasteiger partial charge in [0, 0.05) is 0 Å². The van der Waals surface area contributed by atoms with E-state index in [1.54, 1.807) is 0 Å². The fraction of sp³-hybridized carbons (Fsp3) is 1.00. The third-order valence-corrected chi connectivity index (χ3v) is 1.77. The first-order chi connectivity index (χ1) is 4.09. The first-order valence-electron chi connectivity index (χ1n) is 3.67. The largest absolute Gasteiger partial charge is 0.469 e. The number of quaternary nitrogens is 1. The Labute approximate surface area is 58.0 Å². The Balaban J connectivity index is 3.58. The maximum absolute atomic E-state index is 7.55. The Morgan fingerprint density at radius 3 is 1.89 bits per heavy atom. The lowest BCUT2D eigenvalue weighted by Gasteiger charge is -2.31. The highest BCUT2D eigenvalue weighted by Crippen LogP contribution is 1.83. The molecule has 0 saturated heterocycles. The van der Waals surface area contributed by atoms with Crippen molar-refractivity contribution in [2.45, 2.75) is 46.2 Å². The van der Waals surface area contributed by atoms with Crippen LogP contribution in [0, 0.1) is 0 Å².